The summed E-state index contributed by atoms with van der Waals surface area (Å²) >= 11 is 3.31. The molecule has 0 fully saturated rings. The first-order valence-electron chi connectivity index (χ1n) is 6.32. The minimum atomic E-state index is -4.37. The average Bonchev–Trinajstić information content (AvgIpc) is 2.47. The van der Waals surface area contributed by atoms with Gasteiger partial charge < -0.3 is 10.6 Å². The summed E-state index contributed by atoms with van der Waals surface area (Å²) < 4.78 is 38.0. The first-order valence-corrected chi connectivity index (χ1v) is 7.11. The molecule has 0 aliphatic carbocycles. The van der Waals surface area contributed by atoms with Gasteiger partial charge in [-0.15, -0.1) is 0 Å². The van der Waals surface area contributed by atoms with Crippen LogP contribution in [0.15, 0.2) is 53.0 Å². The van der Waals surface area contributed by atoms with Gasteiger partial charge in [-0.25, -0.2) is 0 Å². The molecule has 0 radical (unpaired) electrons. The number of carbonyl (C=O) groups excluding carboxylic acids is 1. The first-order chi connectivity index (χ1) is 10.4. The van der Waals surface area contributed by atoms with Crippen molar-refractivity contribution in [3.05, 3.63) is 58.6 Å². The largest absolute Gasteiger partial charge is 0.416 e. The molecule has 2 N–H and O–H groups in total. The molecule has 116 valence electrons. The predicted molar refractivity (Wildman–Crippen MR) is 82.7 cm³/mol. The second-order valence-electron chi connectivity index (χ2n) is 4.46. The normalized spacial score (nSPS) is 11.1. The quantitative estimate of drug-likeness (QED) is 0.828. The van der Waals surface area contributed by atoms with Gasteiger partial charge in [0.2, 0.25) is 5.91 Å². The van der Waals surface area contributed by atoms with E-state index in [9.17, 15) is 18.0 Å². The second-order valence-corrected chi connectivity index (χ2v) is 5.31. The molecule has 0 atom stereocenters. The fourth-order valence-electron chi connectivity index (χ4n) is 1.72. The van der Waals surface area contributed by atoms with Crippen LogP contribution in [0, 0.1) is 0 Å². The van der Waals surface area contributed by atoms with Gasteiger partial charge in [0, 0.05) is 10.2 Å². The zero-order valence-electron chi connectivity index (χ0n) is 11.2. The van der Waals surface area contributed by atoms with Crippen molar-refractivity contribution in [3.8, 4) is 0 Å². The topological polar surface area (TPSA) is 41.1 Å². The molecule has 0 aliphatic heterocycles. The molecule has 2 rings (SSSR count). The Bertz CT molecular complexity index is 657. The number of benzene rings is 2. The van der Waals surface area contributed by atoms with Gasteiger partial charge in [-0.3, -0.25) is 4.79 Å². The summed E-state index contributed by atoms with van der Waals surface area (Å²) in [6.07, 6.45) is -4.37. The van der Waals surface area contributed by atoms with Gasteiger partial charge in [0.25, 0.3) is 0 Å². The number of alkyl halides is 3. The van der Waals surface area contributed by atoms with Gasteiger partial charge in [0.15, 0.2) is 0 Å². The van der Waals surface area contributed by atoms with E-state index in [0.717, 1.165) is 16.6 Å². The van der Waals surface area contributed by atoms with Gasteiger partial charge in [0.05, 0.1) is 17.8 Å². The number of anilines is 2. The highest BCUT2D eigenvalue weighted by molar-refractivity contribution is 9.10. The third kappa shape index (κ3) is 4.49. The number of hydrogen-bond acceptors (Lipinski definition) is 2. The Labute approximate surface area is 133 Å². The standard InChI is InChI=1S/C15H12BrF3N2O/c16-12-3-1-2-4-13(12)21-14(22)9-20-11-7-5-10(6-8-11)15(17,18)19/h1-8,20H,9H2,(H,21,22). The lowest BCUT2D eigenvalue weighted by molar-refractivity contribution is -0.137. The van der Waals surface area contributed by atoms with E-state index in [2.05, 4.69) is 26.6 Å². The Balaban J connectivity index is 1.90. The summed E-state index contributed by atoms with van der Waals surface area (Å²) in [5, 5.41) is 5.46. The van der Waals surface area contributed by atoms with Crippen molar-refractivity contribution in [1.82, 2.24) is 0 Å². The highest BCUT2D eigenvalue weighted by atomic mass is 79.9. The molecule has 1 amide bonds. The minimum Gasteiger partial charge on any atom is -0.376 e. The molecule has 3 nitrogen and oxygen atoms in total. The number of carbonyl (C=O) groups is 1. The van der Waals surface area contributed by atoms with E-state index in [1.165, 1.54) is 12.1 Å². The predicted octanol–water partition coefficient (Wildman–Crippen LogP) is 4.52. The van der Waals surface area contributed by atoms with Gasteiger partial charge in [-0.2, -0.15) is 13.2 Å². The lowest BCUT2D eigenvalue weighted by atomic mass is 10.2. The van der Waals surface area contributed by atoms with Gasteiger partial charge in [-0.1, -0.05) is 12.1 Å². The number of amides is 1. The van der Waals surface area contributed by atoms with E-state index < -0.39 is 11.7 Å². The molecule has 2 aromatic rings. The van der Waals surface area contributed by atoms with Crippen LogP contribution in [0.25, 0.3) is 0 Å². The van der Waals surface area contributed by atoms with Crippen LogP contribution in [0.1, 0.15) is 5.56 Å². The van der Waals surface area contributed by atoms with E-state index in [1.54, 1.807) is 18.2 Å². The maximum absolute atomic E-state index is 12.4. The number of para-hydroxylation sites is 1. The van der Waals surface area contributed by atoms with Crippen molar-refractivity contribution in [2.45, 2.75) is 6.18 Å². The van der Waals surface area contributed by atoms with E-state index in [4.69, 9.17) is 0 Å². The average molecular weight is 373 g/mol. The summed E-state index contributed by atoms with van der Waals surface area (Å²) in [6, 6.07) is 11.6. The second kappa shape index (κ2) is 6.83. The smallest absolute Gasteiger partial charge is 0.376 e. The lowest BCUT2D eigenvalue weighted by Gasteiger charge is -2.10. The summed E-state index contributed by atoms with van der Waals surface area (Å²) in [5.74, 6) is -0.299. The molecular weight excluding hydrogens is 361 g/mol. The summed E-state index contributed by atoms with van der Waals surface area (Å²) in [5.41, 5.74) is 0.340. The van der Waals surface area contributed by atoms with Crippen molar-refractivity contribution in [1.29, 1.82) is 0 Å². The monoisotopic (exact) mass is 372 g/mol. The molecule has 0 unspecified atom stereocenters. The molecule has 22 heavy (non-hydrogen) atoms. The summed E-state index contributed by atoms with van der Waals surface area (Å²) in [7, 11) is 0. The molecular formula is C15H12BrF3N2O. The van der Waals surface area contributed by atoms with Crippen LogP contribution in [-0.4, -0.2) is 12.5 Å². The van der Waals surface area contributed by atoms with E-state index >= 15 is 0 Å². The molecule has 7 heteroatoms. The van der Waals surface area contributed by atoms with Crippen LogP contribution >= 0.6 is 15.9 Å². The Kier molecular flexibility index (Phi) is 5.07. The van der Waals surface area contributed by atoms with Crippen molar-refractivity contribution >= 4 is 33.2 Å². The van der Waals surface area contributed by atoms with E-state index in [0.29, 0.717) is 11.4 Å². The Morgan fingerprint density at radius 1 is 1.05 bits per heavy atom. The number of halogens is 4. The van der Waals surface area contributed by atoms with Gasteiger partial charge in [-0.05, 0) is 52.3 Å². The van der Waals surface area contributed by atoms with Crippen LogP contribution in [0.4, 0.5) is 24.5 Å². The fraction of sp³-hybridized carbons (Fsp3) is 0.133. The molecule has 0 saturated carbocycles. The van der Waals surface area contributed by atoms with E-state index in [-0.39, 0.29) is 12.5 Å². The number of rotatable bonds is 4. The van der Waals surface area contributed by atoms with Crippen molar-refractivity contribution in [2.75, 3.05) is 17.2 Å². The lowest BCUT2D eigenvalue weighted by Crippen LogP contribution is -2.22. The highest BCUT2D eigenvalue weighted by Gasteiger charge is 2.29. The van der Waals surface area contributed by atoms with Crippen LogP contribution < -0.4 is 10.6 Å². The van der Waals surface area contributed by atoms with E-state index in [1.807, 2.05) is 6.07 Å². The van der Waals surface area contributed by atoms with Crippen LogP contribution in [0.3, 0.4) is 0 Å². The molecule has 0 heterocycles. The van der Waals surface area contributed by atoms with Crippen molar-refractivity contribution in [3.63, 3.8) is 0 Å². The molecule has 0 aliphatic rings. The van der Waals surface area contributed by atoms with Crippen LogP contribution in [-0.2, 0) is 11.0 Å². The third-order valence-corrected chi connectivity index (χ3v) is 3.50. The SMILES string of the molecule is O=C(CNc1ccc(C(F)(F)F)cc1)Nc1ccccc1Br. The van der Waals surface area contributed by atoms with Crippen LogP contribution in [0.2, 0.25) is 0 Å². The summed E-state index contributed by atoms with van der Waals surface area (Å²) in [6.45, 7) is -0.0489. The Morgan fingerprint density at radius 2 is 1.68 bits per heavy atom. The Morgan fingerprint density at radius 3 is 2.27 bits per heavy atom. The Hall–Kier alpha value is -2.02. The third-order valence-electron chi connectivity index (χ3n) is 2.81. The zero-order chi connectivity index (χ0) is 16.2. The molecule has 2 aromatic carbocycles. The van der Waals surface area contributed by atoms with Crippen molar-refractivity contribution in [2.24, 2.45) is 0 Å². The molecule has 0 bridgehead atoms. The fourth-order valence-corrected chi connectivity index (χ4v) is 2.10. The summed E-state index contributed by atoms with van der Waals surface area (Å²) in [4.78, 5) is 11.8. The molecule has 0 spiro atoms. The maximum atomic E-state index is 12.4. The van der Waals surface area contributed by atoms with Crippen molar-refractivity contribution < 1.29 is 18.0 Å². The van der Waals surface area contributed by atoms with Crippen LogP contribution in [0.5, 0.6) is 0 Å². The maximum Gasteiger partial charge on any atom is 0.416 e. The van der Waals surface area contributed by atoms with Gasteiger partial charge >= 0.3 is 6.18 Å². The minimum absolute atomic E-state index is 0.0489. The first kappa shape index (κ1) is 16.4. The highest BCUT2D eigenvalue weighted by Crippen LogP contribution is 2.29. The molecule has 0 aromatic heterocycles. The zero-order valence-corrected chi connectivity index (χ0v) is 12.8. The molecule has 0 saturated heterocycles. The number of nitrogens with one attached hydrogen (secondary N) is 2. The van der Waals surface area contributed by atoms with Gasteiger partial charge in [0.1, 0.15) is 0 Å². The number of hydrogen-bond donors (Lipinski definition) is 2.